The van der Waals surface area contributed by atoms with Crippen LogP contribution in [0, 0.1) is 12.3 Å². The molecule has 0 saturated heterocycles. The van der Waals surface area contributed by atoms with E-state index < -0.39 is 16.3 Å². The number of hydrogen-bond donors (Lipinski definition) is 2. The van der Waals surface area contributed by atoms with Crippen LogP contribution in [-0.2, 0) is 4.79 Å². The van der Waals surface area contributed by atoms with Crippen LogP contribution in [0.25, 0.3) is 0 Å². The van der Waals surface area contributed by atoms with E-state index in [0.29, 0.717) is 0 Å². The summed E-state index contributed by atoms with van der Waals surface area (Å²) in [4.78, 5) is 9.66. The Labute approximate surface area is 133 Å². The predicted octanol–water partition coefficient (Wildman–Crippen LogP) is 4.51. The van der Waals surface area contributed by atoms with E-state index in [1.807, 2.05) is 0 Å². The molecule has 1 aliphatic carbocycles. The summed E-state index contributed by atoms with van der Waals surface area (Å²) in [5.74, 6) is -0.306. The Kier molecular flexibility index (Phi) is 8.10. The van der Waals surface area contributed by atoms with E-state index in [4.69, 9.17) is 12.0 Å². The fourth-order valence-corrected chi connectivity index (χ4v) is 3.95. The van der Waals surface area contributed by atoms with Crippen LogP contribution in [0.4, 0.5) is 0 Å². The van der Waals surface area contributed by atoms with Gasteiger partial charge in [-0.25, -0.2) is 0 Å². The molecule has 0 bridgehead atoms. The number of thioether (sulfide) groups is 1. The second kappa shape index (κ2) is 9.04. The average molecular weight is 314 g/mol. The number of carboxylic acids is 1. The molecule has 0 heterocycles. The fourth-order valence-electron chi connectivity index (χ4n) is 2.59. The fraction of sp³-hybridized carbons (Fsp3) is 0.882. The van der Waals surface area contributed by atoms with E-state index in [1.165, 1.54) is 63.1 Å². The van der Waals surface area contributed by atoms with Crippen molar-refractivity contribution in [3.8, 4) is 0 Å². The van der Waals surface area contributed by atoms with E-state index in [-0.39, 0.29) is 6.42 Å². The Morgan fingerprint density at radius 3 is 1.95 bits per heavy atom. The Hall–Kier alpha value is -0.220. The molecule has 3 nitrogen and oxygen atoms in total. The first kappa shape index (κ1) is 18.8. The first-order valence-corrected chi connectivity index (χ1v) is 9.33. The molecular formula is C17H30O3S. The molecule has 1 aliphatic rings. The van der Waals surface area contributed by atoms with Crippen LogP contribution in [-0.4, -0.2) is 26.9 Å². The molecule has 2 unspecified atom stereocenters. The minimum Gasteiger partial charge on any atom is -0.481 e. The lowest BCUT2D eigenvalue weighted by Crippen LogP contribution is -2.23. The largest absolute Gasteiger partial charge is 0.481 e. The Morgan fingerprint density at radius 1 is 1.05 bits per heavy atom. The molecule has 1 fully saturated rings. The minimum absolute atomic E-state index is 0.164. The van der Waals surface area contributed by atoms with Crippen molar-refractivity contribution in [3.05, 3.63) is 6.92 Å². The van der Waals surface area contributed by atoms with E-state index in [1.54, 1.807) is 0 Å². The molecule has 0 spiro atoms. The number of carboxylic acid groups (broad SMARTS) is 1. The highest BCUT2D eigenvalue weighted by atomic mass is 32.2. The summed E-state index contributed by atoms with van der Waals surface area (Å²) in [5, 5.41) is 18.9. The van der Waals surface area contributed by atoms with Crippen LogP contribution in [0.2, 0.25) is 0 Å². The molecule has 21 heavy (non-hydrogen) atoms. The number of aliphatic hydroxyl groups is 1. The van der Waals surface area contributed by atoms with Gasteiger partial charge in [0.25, 0.3) is 0 Å². The quantitative estimate of drug-likeness (QED) is 0.388. The monoisotopic (exact) mass is 314 g/mol. The highest BCUT2D eigenvalue weighted by Crippen LogP contribution is 2.62. The maximum atomic E-state index is 10.9. The SMILES string of the molecule is [CH]C1(C(=O)O)CC1(O)SCCCCCCCCCCCC. The summed E-state index contributed by atoms with van der Waals surface area (Å²) in [7, 11) is 0. The van der Waals surface area contributed by atoms with Gasteiger partial charge in [0.1, 0.15) is 10.3 Å². The molecule has 2 N–H and O–H groups in total. The van der Waals surface area contributed by atoms with Gasteiger partial charge in [-0.15, -0.1) is 11.8 Å². The third kappa shape index (κ3) is 5.82. The molecule has 1 saturated carbocycles. The van der Waals surface area contributed by atoms with Crippen molar-refractivity contribution in [2.45, 2.75) is 82.5 Å². The molecular weight excluding hydrogens is 284 g/mol. The smallest absolute Gasteiger partial charge is 0.313 e. The number of hydrogen-bond acceptors (Lipinski definition) is 3. The van der Waals surface area contributed by atoms with E-state index in [2.05, 4.69) is 6.92 Å². The van der Waals surface area contributed by atoms with E-state index in [9.17, 15) is 9.90 Å². The van der Waals surface area contributed by atoms with Gasteiger partial charge in [0.2, 0.25) is 0 Å². The van der Waals surface area contributed by atoms with Crippen LogP contribution in [0.15, 0.2) is 0 Å². The van der Waals surface area contributed by atoms with Crippen molar-refractivity contribution < 1.29 is 15.0 Å². The Balaban J connectivity index is 1.89. The first-order valence-electron chi connectivity index (χ1n) is 8.35. The zero-order valence-electron chi connectivity index (χ0n) is 13.3. The second-order valence-electron chi connectivity index (χ2n) is 6.27. The number of aliphatic carboxylic acids is 1. The van der Waals surface area contributed by atoms with Crippen LogP contribution in [0.3, 0.4) is 0 Å². The highest BCUT2D eigenvalue weighted by molar-refractivity contribution is 8.00. The molecule has 4 heteroatoms. The van der Waals surface area contributed by atoms with Crippen LogP contribution >= 0.6 is 11.8 Å². The molecule has 0 amide bonds. The van der Waals surface area contributed by atoms with Crippen molar-refractivity contribution in [3.63, 3.8) is 0 Å². The van der Waals surface area contributed by atoms with Crippen molar-refractivity contribution in [1.29, 1.82) is 0 Å². The molecule has 0 aliphatic heterocycles. The lowest BCUT2D eigenvalue weighted by atomic mass is 10.1. The molecule has 122 valence electrons. The van der Waals surface area contributed by atoms with Gasteiger partial charge in [0.05, 0.1) is 0 Å². The molecule has 0 aromatic carbocycles. The van der Waals surface area contributed by atoms with E-state index in [0.717, 1.165) is 18.6 Å². The normalized spacial score (nSPS) is 27.8. The van der Waals surface area contributed by atoms with Crippen LogP contribution in [0.5, 0.6) is 0 Å². The summed E-state index contributed by atoms with van der Waals surface area (Å²) in [5.41, 5.74) is -1.42. The molecule has 2 atom stereocenters. The molecule has 2 radical (unpaired) electrons. The predicted molar refractivity (Wildman–Crippen MR) is 88.2 cm³/mol. The standard InChI is InChI=1S/C17H30O3S/c1-3-4-5-6-7-8-9-10-11-12-13-21-17(20)14-16(17,2)15(18)19/h2,20H,3-14H2,1H3,(H,18,19). The van der Waals surface area contributed by atoms with Gasteiger partial charge in [0, 0.05) is 6.42 Å². The Morgan fingerprint density at radius 2 is 1.52 bits per heavy atom. The average Bonchev–Trinajstić information content (AvgIpc) is 3.00. The van der Waals surface area contributed by atoms with Crippen molar-refractivity contribution in [1.82, 2.24) is 0 Å². The van der Waals surface area contributed by atoms with Gasteiger partial charge in [-0.1, -0.05) is 64.7 Å². The summed E-state index contributed by atoms with van der Waals surface area (Å²) in [6, 6.07) is 0. The topological polar surface area (TPSA) is 57.5 Å². The van der Waals surface area contributed by atoms with Crippen LogP contribution in [0.1, 0.15) is 77.6 Å². The van der Waals surface area contributed by atoms with Gasteiger partial charge in [-0.3, -0.25) is 4.79 Å². The molecule has 0 aromatic rings. The van der Waals surface area contributed by atoms with Gasteiger partial charge < -0.3 is 10.2 Å². The second-order valence-corrected chi connectivity index (χ2v) is 7.64. The summed E-state index contributed by atoms with van der Waals surface area (Å²) < 4.78 is 0. The van der Waals surface area contributed by atoms with Gasteiger partial charge in [0.15, 0.2) is 0 Å². The molecule has 0 aromatic heterocycles. The summed E-state index contributed by atoms with van der Waals surface area (Å²) in [6.07, 6.45) is 12.9. The van der Waals surface area contributed by atoms with Gasteiger partial charge in [-0.2, -0.15) is 0 Å². The number of unbranched alkanes of at least 4 members (excludes halogenated alkanes) is 9. The molecule has 1 rings (SSSR count). The summed E-state index contributed by atoms with van der Waals surface area (Å²) in [6.45, 7) is 7.87. The number of rotatable bonds is 13. The van der Waals surface area contributed by atoms with Gasteiger partial charge in [-0.05, 0) is 19.1 Å². The zero-order chi connectivity index (χ0) is 15.8. The Bertz CT molecular complexity index is 321. The maximum Gasteiger partial charge on any atom is 0.313 e. The highest BCUT2D eigenvalue weighted by Gasteiger charge is 2.69. The number of carbonyl (C=O) groups is 1. The van der Waals surface area contributed by atoms with Crippen LogP contribution < -0.4 is 0 Å². The third-order valence-corrected chi connectivity index (χ3v) is 5.79. The maximum absolute atomic E-state index is 10.9. The van der Waals surface area contributed by atoms with Crippen molar-refractivity contribution in [2.24, 2.45) is 5.41 Å². The summed E-state index contributed by atoms with van der Waals surface area (Å²) >= 11 is 1.31. The van der Waals surface area contributed by atoms with Gasteiger partial charge >= 0.3 is 5.97 Å². The third-order valence-electron chi connectivity index (χ3n) is 4.31. The zero-order valence-corrected chi connectivity index (χ0v) is 14.1. The van der Waals surface area contributed by atoms with Crippen molar-refractivity contribution in [2.75, 3.05) is 5.75 Å². The lowest BCUT2D eigenvalue weighted by molar-refractivity contribution is -0.143. The van der Waals surface area contributed by atoms with E-state index >= 15 is 0 Å². The first-order chi connectivity index (χ1) is 9.96. The minimum atomic E-state index is -1.42. The lowest BCUT2D eigenvalue weighted by Gasteiger charge is -2.13. The van der Waals surface area contributed by atoms with Crippen molar-refractivity contribution >= 4 is 17.7 Å².